The summed E-state index contributed by atoms with van der Waals surface area (Å²) in [6.45, 7) is 7.59. The molecule has 0 bridgehead atoms. The van der Waals surface area contributed by atoms with Gasteiger partial charge in [-0.15, -0.1) is 12.4 Å². The predicted molar refractivity (Wildman–Crippen MR) is 94.4 cm³/mol. The van der Waals surface area contributed by atoms with Gasteiger partial charge >= 0.3 is 0 Å². The smallest absolute Gasteiger partial charge is 0.128 e. The van der Waals surface area contributed by atoms with Crippen LogP contribution in [0.1, 0.15) is 25.5 Å². The van der Waals surface area contributed by atoms with E-state index in [1.807, 2.05) is 19.9 Å². The average Bonchev–Trinajstić information content (AvgIpc) is 2.44. The van der Waals surface area contributed by atoms with Crippen molar-refractivity contribution in [2.45, 2.75) is 19.9 Å². The molecule has 0 saturated carbocycles. The van der Waals surface area contributed by atoms with E-state index in [-0.39, 0.29) is 36.3 Å². The summed E-state index contributed by atoms with van der Waals surface area (Å²) >= 11 is 2.21. The van der Waals surface area contributed by atoms with Crippen LogP contribution < -0.4 is 5.32 Å². The van der Waals surface area contributed by atoms with E-state index >= 15 is 0 Å². The fraction of sp³-hybridized carbons (Fsp3) is 0.600. The second-order valence-electron chi connectivity index (χ2n) is 6.00. The van der Waals surface area contributed by atoms with E-state index in [0.717, 1.165) is 29.7 Å². The topological polar surface area (TPSA) is 35.5 Å². The van der Waals surface area contributed by atoms with Crippen molar-refractivity contribution in [3.63, 3.8) is 0 Å². The van der Waals surface area contributed by atoms with Gasteiger partial charge in [-0.2, -0.15) is 0 Å². The van der Waals surface area contributed by atoms with Crippen molar-refractivity contribution < 1.29 is 9.50 Å². The van der Waals surface area contributed by atoms with Crippen LogP contribution in [0.2, 0.25) is 0 Å². The maximum absolute atomic E-state index is 14.3. The van der Waals surface area contributed by atoms with Crippen molar-refractivity contribution in [1.29, 1.82) is 0 Å². The molecule has 1 aromatic carbocycles. The molecule has 1 fully saturated rings. The first-order chi connectivity index (χ1) is 9.45. The highest BCUT2D eigenvalue weighted by Gasteiger charge is 2.37. The summed E-state index contributed by atoms with van der Waals surface area (Å²) in [7, 11) is 0. The number of nitrogens with zero attached hydrogens (tertiary/aromatic N) is 1. The Hall–Kier alpha value is 0.0500. The lowest BCUT2D eigenvalue weighted by atomic mass is 9.79. The lowest BCUT2D eigenvalue weighted by molar-refractivity contribution is 0.0286. The zero-order chi connectivity index (χ0) is 14.8. The van der Waals surface area contributed by atoms with Gasteiger partial charge in [-0.3, -0.25) is 4.90 Å². The van der Waals surface area contributed by atoms with Crippen LogP contribution in [-0.4, -0.2) is 42.8 Å². The molecule has 120 valence electrons. The highest BCUT2D eigenvalue weighted by Crippen LogP contribution is 2.39. The molecule has 1 aromatic rings. The molecule has 0 amide bonds. The molecule has 1 saturated heterocycles. The summed E-state index contributed by atoms with van der Waals surface area (Å²) < 4.78 is 15.3. The van der Waals surface area contributed by atoms with Crippen LogP contribution in [0.15, 0.2) is 18.2 Å². The molecule has 2 N–H and O–H groups in total. The van der Waals surface area contributed by atoms with Gasteiger partial charge in [-0.05, 0) is 40.8 Å². The van der Waals surface area contributed by atoms with Gasteiger partial charge < -0.3 is 10.4 Å². The second kappa shape index (κ2) is 8.06. The molecular formula is C15H23ClFIN2O. The summed E-state index contributed by atoms with van der Waals surface area (Å²) in [4.78, 5) is 2.28. The van der Waals surface area contributed by atoms with E-state index in [1.54, 1.807) is 6.07 Å². The third kappa shape index (κ3) is 4.51. The molecule has 1 aliphatic rings. The number of aliphatic hydroxyl groups excluding tert-OH is 1. The zero-order valence-corrected chi connectivity index (χ0v) is 15.4. The monoisotopic (exact) mass is 428 g/mol. The van der Waals surface area contributed by atoms with E-state index < -0.39 is 0 Å². The molecule has 1 aliphatic heterocycles. The molecule has 0 aliphatic carbocycles. The minimum Gasteiger partial charge on any atom is -0.396 e. The van der Waals surface area contributed by atoms with Crippen LogP contribution in [0.3, 0.4) is 0 Å². The number of hydrogen-bond donors (Lipinski definition) is 2. The van der Waals surface area contributed by atoms with Crippen molar-refractivity contribution in [2.24, 2.45) is 5.41 Å². The van der Waals surface area contributed by atoms with Crippen molar-refractivity contribution >= 4 is 35.0 Å². The Bertz CT molecular complexity index is 467. The number of halogens is 3. The quantitative estimate of drug-likeness (QED) is 0.724. The largest absolute Gasteiger partial charge is 0.396 e. The Morgan fingerprint density at radius 3 is 2.57 bits per heavy atom. The molecule has 1 heterocycles. The van der Waals surface area contributed by atoms with Crippen LogP contribution in [-0.2, 0) is 0 Å². The van der Waals surface area contributed by atoms with Crippen molar-refractivity contribution in [3.05, 3.63) is 33.1 Å². The van der Waals surface area contributed by atoms with Crippen LogP contribution >= 0.6 is 35.0 Å². The van der Waals surface area contributed by atoms with Crippen LogP contribution in [0.4, 0.5) is 4.39 Å². The van der Waals surface area contributed by atoms with E-state index in [2.05, 4.69) is 32.8 Å². The lowest BCUT2D eigenvalue weighted by Crippen LogP contribution is -2.49. The Kier molecular flexibility index (Phi) is 7.33. The van der Waals surface area contributed by atoms with Crippen LogP contribution in [0.5, 0.6) is 0 Å². The van der Waals surface area contributed by atoms with Gasteiger partial charge in [-0.1, -0.05) is 13.8 Å². The molecule has 3 nitrogen and oxygen atoms in total. The molecule has 0 unspecified atom stereocenters. The number of piperazine rings is 1. The second-order valence-corrected chi connectivity index (χ2v) is 7.25. The van der Waals surface area contributed by atoms with Crippen molar-refractivity contribution in [1.82, 2.24) is 10.2 Å². The number of nitrogens with one attached hydrogen (secondary N) is 1. The third-order valence-corrected chi connectivity index (χ3v) is 4.59. The maximum atomic E-state index is 14.3. The summed E-state index contributed by atoms with van der Waals surface area (Å²) in [5.41, 5.74) is 0.306. The highest BCUT2D eigenvalue weighted by atomic mass is 127. The predicted octanol–water partition coefficient (Wildman–Crippen LogP) is 2.82. The number of hydrogen-bond acceptors (Lipinski definition) is 3. The van der Waals surface area contributed by atoms with Gasteiger partial charge in [0.15, 0.2) is 0 Å². The Balaban J connectivity index is 0.00000220. The van der Waals surface area contributed by atoms with Crippen LogP contribution in [0, 0.1) is 14.8 Å². The zero-order valence-electron chi connectivity index (χ0n) is 12.4. The van der Waals surface area contributed by atoms with Gasteiger partial charge in [0.2, 0.25) is 0 Å². The van der Waals surface area contributed by atoms with E-state index in [1.165, 1.54) is 6.07 Å². The van der Waals surface area contributed by atoms with Gasteiger partial charge in [0.25, 0.3) is 0 Å². The number of benzene rings is 1. The third-order valence-electron chi connectivity index (χ3n) is 3.92. The highest BCUT2D eigenvalue weighted by molar-refractivity contribution is 14.1. The molecule has 21 heavy (non-hydrogen) atoms. The lowest BCUT2D eigenvalue weighted by Gasteiger charge is -2.43. The minimum absolute atomic E-state index is 0. The number of aliphatic hydroxyl groups is 1. The maximum Gasteiger partial charge on any atom is 0.128 e. The molecule has 1 atom stereocenters. The molecular weight excluding hydrogens is 406 g/mol. The van der Waals surface area contributed by atoms with Gasteiger partial charge in [0.05, 0.1) is 0 Å². The Morgan fingerprint density at radius 2 is 2.00 bits per heavy atom. The Morgan fingerprint density at radius 1 is 1.38 bits per heavy atom. The van der Waals surface area contributed by atoms with Gasteiger partial charge in [-0.25, -0.2) is 4.39 Å². The molecule has 2 rings (SSSR count). The summed E-state index contributed by atoms with van der Waals surface area (Å²) in [6, 6.07) is 5.10. The first-order valence-electron chi connectivity index (χ1n) is 6.96. The van der Waals surface area contributed by atoms with Gasteiger partial charge in [0, 0.05) is 53.4 Å². The van der Waals surface area contributed by atoms with E-state index in [0.29, 0.717) is 5.56 Å². The fourth-order valence-corrected chi connectivity index (χ4v) is 3.38. The molecule has 0 spiro atoms. The summed E-state index contributed by atoms with van der Waals surface area (Å²) in [5.74, 6) is -0.185. The van der Waals surface area contributed by atoms with Gasteiger partial charge in [0.1, 0.15) is 5.82 Å². The Labute approximate surface area is 145 Å². The average molecular weight is 429 g/mol. The molecule has 0 aromatic heterocycles. The molecule has 0 radical (unpaired) electrons. The molecule has 6 heteroatoms. The number of rotatable bonds is 4. The fourth-order valence-electron chi connectivity index (χ4n) is 2.86. The SMILES string of the molecule is CC(C)(CO)[C@@H](c1cc(I)ccc1F)N1CCNCC1.Cl. The first kappa shape index (κ1) is 19.1. The first-order valence-corrected chi connectivity index (χ1v) is 8.04. The van der Waals surface area contributed by atoms with Crippen molar-refractivity contribution in [2.75, 3.05) is 32.8 Å². The van der Waals surface area contributed by atoms with Crippen LogP contribution in [0.25, 0.3) is 0 Å². The van der Waals surface area contributed by atoms with E-state index in [4.69, 9.17) is 0 Å². The summed E-state index contributed by atoms with van der Waals surface area (Å²) in [5, 5.41) is 13.1. The van der Waals surface area contributed by atoms with Crippen molar-refractivity contribution in [3.8, 4) is 0 Å². The summed E-state index contributed by atoms with van der Waals surface area (Å²) in [6.07, 6.45) is 0. The minimum atomic E-state index is -0.386. The normalized spacial score (nSPS) is 18.1. The van der Waals surface area contributed by atoms with E-state index in [9.17, 15) is 9.50 Å². The standard InChI is InChI=1S/C15H22FIN2O.ClH/c1-15(2,10-20)14(19-7-5-18-6-8-19)12-9-11(17)3-4-13(12)16;/h3-4,9,14,18,20H,5-8,10H2,1-2H3;1H/t14-;/m1./s1.